The molecule has 0 saturated carbocycles. The summed E-state index contributed by atoms with van der Waals surface area (Å²) in [6.45, 7) is 0. The lowest BCUT2D eigenvalue weighted by atomic mass is 9.99. The van der Waals surface area contributed by atoms with Crippen LogP contribution in [0.15, 0.2) is 34.9 Å². The number of carbonyl (C=O) groups is 2. The number of amides is 1. The molecule has 8 heteroatoms. The largest absolute Gasteiger partial charge is 0.479 e. The van der Waals surface area contributed by atoms with Gasteiger partial charge in [-0.1, -0.05) is 28.9 Å². The second-order valence-corrected chi connectivity index (χ2v) is 6.77. The average molecular weight is 353 g/mol. The van der Waals surface area contributed by atoms with E-state index in [-0.39, 0.29) is 5.76 Å². The highest BCUT2D eigenvalue weighted by atomic mass is 35.5. The predicted molar refractivity (Wildman–Crippen MR) is 86.7 cm³/mol. The molecule has 2 aromatic rings. The normalized spacial score (nSPS) is 20.4. The lowest BCUT2D eigenvalue weighted by Crippen LogP contribution is -2.54. The summed E-state index contributed by atoms with van der Waals surface area (Å²) in [6, 6.07) is 8.46. The Hall–Kier alpha value is -1.99. The molecule has 1 atom stereocenters. The highest BCUT2D eigenvalue weighted by Gasteiger charge is 2.43. The van der Waals surface area contributed by atoms with Gasteiger partial charge in [-0.25, -0.2) is 4.79 Å². The van der Waals surface area contributed by atoms with Gasteiger partial charge >= 0.3 is 5.97 Å². The topological polar surface area (TPSA) is 92.4 Å². The SMILES string of the molecule is O=C(NC1(C(=O)O)CCSC1)c1cc(-c2cccc(Cl)c2)no1. The third-order valence-corrected chi connectivity index (χ3v) is 5.06. The van der Waals surface area contributed by atoms with Gasteiger partial charge in [-0.3, -0.25) is 4.79 Å². The van der Waals surface area contributed by atoms with Crippen LogP contribution in [0.3, 0.4) is 0 Å². The lowest BCUT2D eigenvalue weighted by molar-refractivity contribution is -0.143. The first-order valence-corrected chi connectivity index (χ1v) is 8.40. The van der Waals surface area contributed by atoms with E-state index in [1.165, 1.54) is 17.8 Å². The fraction of sp³-hybridized carbons (Fsp3) is 0.267. The lowest BCUT2D eigenvalue weighted by Gasteiger charge is -2.23. The molecule has 2 heterocycles. The molecule has 0 radical (unpaired) electrons. The van der Waals surface area contributed by atoms with E-state index in [4.69, 9.17) is 16.1 Å². The minimum Gasteiger partial charge on any atom is -0.479 e. The van der Waals surface area contributed by atoms with Crippen molar-refractivity contribution < 1.29 is 19.2 Å². The van der Waals surface area contributed by atoms with E-state index in [9.17, 15) is 14.7 Å². The van der Waals surface area contributed by atoms with Crippen LogP contribution >= 0.6 is 23.4 Å². The molecular formula is C15H13ClN2O4S. The van der Waals surface area contributed by atoms with E-state index in [0.29, 0.717) is 34.2 Å². The molecule has 2 N–H and O–H groups in total. The maximum Gasteiger partial charge on any atom is 0.330 e. The van der Waals surface area contributed by atoms with Crippen LogP contribution in [0.2, 0.25) is 5.02 Å². The van der Waals surface area contributed by atoms with Crippen LogP contribution in [0, 0.1) is 0 Å². The van der Waals surface area contributed by atoms with Crippen molar-refractivity contribution in [2.75, 3.05) is 11.5 Å². The number of carbonyl (C=O) groups excluding carboxylic acids is 1. The Balaban J connectivity index is 1.80. The molecule has 3 rings (SSSR count). The summed E-state index contributed by atoms with van der Waals surface area (Å²) >= 11 is 7.42. The maximum absolute atomic E-state index is 12.3. The Morgan fingerprint density at radius 2 is 2.22 bits per heavy atom. The number of aliphatic carboxylic acids is 1. The first kappa shape index (κ1) is 15.9. The zero-order chi connectivity index (χ0) is 16.4. The van der Waals surface area contributed by atoms with Crippen molar-refractivity contribution >= 4 is 35.2 Å². The number of carboxylic acids is 1. The third-order valence-electron chi connectivity index (χ3n) is 3.64. The fourth-order valence-corrected chi connectivity index (χ4v) is 3.85. The second kappa shape index (κ2) is 6.25. The van der Waals surface area contributed by atoms with Gasteiger partial charge in [-0.2, -0.15) is 11.8 Å². The van der Waals surface area contributed by atoms with Crippen LogP contribution in [0.25, 0.3) is 11.3 Å². The zero-order valence-electron chi connectivity index (χ0n) is 11.9. The molecule has 6 nitrogen and oxygen atoms in total. The highest BCUT2D eigenvalue weighted by molar-refractivity contribution is 7.99. The van der Waals surface area contributed by atoms with Crippen LogP contribution in [-0.4, -0.2) is 39.2 Å². The van der Waals surface area contributed by atoms with E-state index in [1.54, 1.807) is 24.3 Å². The number of aromatic nitrogens is 1. The Morgan fingerprint density at radius 1 is 1.39 bits per heavy atom. The van der Waals surface area contributed by atoms with Crippen LogP contribution in [-0.2, 0) is 4.79 Å². The van der Waals surface area contributed by atoms with E-state index in [1.807, 2.05) is 0 Å². The van der Waals surface area contributed by atoms with E-state index in [2.05, 4.69) is 10.5 Å². The molecule has 1 saturated heterocycles. The quantitative estimate of drug-likeness (QED) is 0.878. The molecule has 1 aromatic heterocycles. The smallest absolute Gasteiger partial charge is 0.330 e. The van der Waals surface area contributed by atoms with Crippen LogP contribution in [0.4, 0.5) is 0 Å². The summed E-state index contributed by atoms with van der Waals surface area (Å²) in [7, 11) is 0. The summed E-state index contributed by atoms with van der Waals surface area (Å²) in [6.07, 6.45) is 0.383. The minimum atomic E-state index is -1.25. The number of thioether (sulfide) groups is 1. The molecule has 1 aromatic carbocycles. The number of halogens is 1. The van der Waals surface area contributed by atoms with Crippen LogP contribution < -0.4 is 5.32 Å². The van der Waals surface area contributed by atoms with E-state index >= 15 is 0 Å². The van der Waals surface area contributed by atoms with Gasteiger partial charge in [0.1, 0.15) is 11.2 Å². The fourth-order valence-electron chi connectivity index (χ4n) is 2.33. The van der Waals surface area contributed by atoms with Gasteiger partial charge in [0.05, 0.1) is 0 Å². The standard InChI is InChI=1S/C15H13ClN2O4S/c16-10-3-1-2-9(6-10)11-7-12(22-18-11)13(19)17-15(14(20)21)4-5-23-8-15/h1-3,6-7H,4-5,8H2,(H,17,19)(H,20,21). The Bertz CT molecular complexity index is 755. The van der Waals surface area contributed by atoms with Crippen molar-refractivity contribution in [3.05, 3.63) is 41.1 Å². The van der Waals surface area contributed by atoms with Crippen molar-refractivity contribution in [3.8, 4) is 11.3 Å². The molecule has 1 fully saturated rings. The molecular weight excluding hydrogens is 340 g/mol. The van der Waals surface area contributed by atoms with Crippen LogP contribution in [0.5, 0.6) is 0 Å². The number of carboxylic acid groups (broad SMARTS) is 1. The molecule has 0 spiro atoms. The van der Waals surface area contributed by atoms with E-state index < -0.39 is 17.4 Å². The molecule has 1 amide bonds. The van der Waals surface area contributed by atoms with Gasteiger partial charge < -0.3 is 14.9 Å². The molecule has 120 valence electrons. The van der Waals surface area contributed by atoms with E-state index in [0.717, 1.165) is 0 Å². The van der Waals surface area contributed by atoms with Gasteiger partial charge in [-0.15, -0.1) is 0 Å². The summed E-state index contributed by atoms with van der Waals surface area (Å²) in [5.41, 5.74) is -0.0717. The molecule has 1 unspecified atom stereocenters. The molecule has 1 aliphatic heterocycles. The van der Waals surface area contributed by atoms with Crippen molar-refractivity contribution in [3.63, 3.8) is 0 Å². The Labute approximate surface area is 141 Å². The Morgan fingerprint density at radius 3 is 2.87 bits per heavy atom. The highest BCUT2D eigenvalue weighted by Crippen LogP contribution is 2.29. The van der Waals surface area contributed by atoms with Crippen molar-refractivity contribution in [1.29, 1.82) is 0 Å². The monoisotopic (exact) mass is 352 g/mol. The number of nitrogens with zero attached hydrogens (tertiary/aromatic N) is 1. The zero-order valence-corrected chi connectivity index (χ0v) is 13.5. The van der Waals surface area contributed by atoms with Gasteiger partial charge in [0, 0.05) is 22.4 Å². The second-order valence-electron chi connectivity index (χ2n) is 5.23. The van der Waals surface area contributed by atoms with Crippen molar-refractivity contribution in [2.24, 2.45) is 0 Å². The average Bonchev–Trinajstić information content (AvgIpc) is 3.17. The van der Waals surface area contributed by atoms with Crippen molar-refractivity contribution in [2.45, 2.75) is 12.0 Å². The number of hydrogen-bond acceptors (Lipinski definition) is 5. The molecule has 1 aliphatic rings. The summed E-state index contributed by atoms with van der Waals surface area (Å²) < 4.78 is 5.05. The molecule has 0 bridgehead atoms. The molecule has 0 aliphatic carbocycles. The number of hydrogen-bond donors (Lipinski definition) is 2. The van der Waals surface area contributed by atoms with Crippen molar-refractivity contribution in [1.82, 2.24) is 10.5 Å². The number of rotatable bonds is 4. The first-order valence-electron chi connectivity index (χ1n) is 6.86. The Kier molecular flexibility index (Phi) is 4.32. The van der Waals surface area contributed by atoms with Gasteiger partial charge in [0.25, 0.3) is 5.91 Å². The molecule has 23 heavy (non-hydrogen) atoms. The number of nitrogens with one attached hydrogen (secondary N) is 1. The van der Waals surface area contributed by atoms with Crippen LogP contribution in [0.1, 0.15) is 17.0 Å². The predicted octanol–water partition coefficient (Wildman–Crippen LogP) is 2.69. The summed E-state index contributed by atoms with van der Waals surface area (Å²) in [5, 5.41) is 16.3. The number of benzene rings is 1. The third kappa shape index (κ3) is 3.20. The first-order chi connectivity index (χ1) is 11.0. The summed E-state index contributed by atoms with van der Waals surface area (Å²) in [4.78, 5) is 23.7. The van der Waals surface area contributed by atoms with Gasteiger partial charge in [-0.05, 0) is 24.3 Å². The minimum absolute atomic E-state index is 0.0301. The van der Waals surface area contributed by atoms with Gasteiger partial charge in [0.2, 0.25) is 5.76 Å². The van der Waals surface area contributed by atoms with Gasteiger partial charge in [0.15, 0.2) is 0 Å². The maximum atomic E-state index is 12.3. The summed E-state index contributed by atoms with van der Waals surface area (Å²) in [5.74, 6) is -0.626.